The minimum Gasteiger partial charge on any atom is -0.477 e. The molecule has 116 valence electrons. The number of hydrogen-bond donors (Lipinski definition) is 1. The predicted octanol–water partition coefficient (Wildman–Crippen LogP) is 0.605. The first-order valence-electron chi connectivity index (χ1n) is 5.67. The third kappa shape index (κ3) is 3.60. The van der Waals surface area contributed by atoms with E-state index in [1.807, 2.05) is 0 Å². The Hall–Kier alpha value is -1.90. The molecule has 9 heteroatoms. The third-order valence-corrected chi connectivity index (χ3v) is 3.06. The molecule has 1 aromatic heterocycles. The Balaban J connectivity index is 3.53. The molecule has 0 amide bonds. The van der Waals surface area contributed by atoms with Crippen molar-refractivity contribution in [3.05, 3.63) is 32.7 Å². The Morgan fingerprint density at radius 3 is 2.33 bits per heavy atom. The summed E-state index contributed by atoms with van der Waals surface area (Å²) in [6, 6.07) is 0. The van der Waals surface area contributed by atoms with Crippen LogP contribution in [0, 0.1) is 0 Å². The molecule has 0 aliphatic carbocycles. The average Bonchev–Trinajstić information content (AvgIpc) is 2.47. The molecule has 1 aromatic rings. The Morgan fingerprint density at radius 1 is 1.33 bits per heavy atom. The number of rotatable bonds is 6. The number of carbonyl (C=O) groups excluding carboxylic acids is 1. The summed E-state index contributed by atoms with van der Waals surface area (Å²) in [5.41, 5.74) is -1.81. The van der Waals surface area contributed by atoms with Crippen LogP contribution in [-0.4, -0.2) is 49.2 Å². The van der Waals surface area contributed by atoms with Crippen LogP contribution in [0.15, 0.2) is 11.0 Å². The Kier molecular flexibility index (Phi) is 5.89. The number of carbonyl (C=O) groups is 2. The van der Waals surface area contributed by atoms with Gasteiger partial charge in [0.15, 0.2) is 12.0 Å². The fourth-order valence-electron chi connectivity index (χ4n) is 1.64. The first-order chi connectivity index (χ1) is 9.87. The van der Waals surface area contributed by atoms with E-state index < -0.39 is 34.2 Å². The topological polar surface area (TPSA) is 104 Å². The van der Waals surface area contributed by atoms with Gasteiger partial charge in [-0.3, -0.25) is 4.79 Å². The maximum atomic E-state index is 11.8. The summed E-state index contributed by atoms with van der Waals surface area (Å²) in [6.45, 7) is -0.0578. The molecule has 0 unspecified atom stereocenters. The minimum atomic E-state index is -1.46. The minimum absolute atomic E-state index is 0.0578. The lowest BCUT2D eigenvalue weighted by Gasteiger charge is -2.19. The molecule has 8 nitrogen and oxygen atoms in total. The molecule has 0 aromatic carbocycles. The first kappa shape index (κ1) is 17.2. The second-order valence-corrected chi connectivity index (χ2v) is 4.26. The van der Waals surface area contributed by atoms with Gasteiger partial charge < -0.3 is 23.9 Å². The van der Waals surface area contributed by atoms with Crippen LogP contribution < -0.4 is 5.43 Å². The summed E-state index contributed by atoms with van der Waals surface area (Å²) < 4.78 is 15.7. The molecule has 0 saturated carbocycles. The highest BCUT2D eigenvalue weighted by molar-refractivity contribution is 6.33. The van der Waals surface area contributed by atoms with E-state index in [9.17, 15) is 14.4 Å². The zero-order chi connectivity index (χ0) is 16.2. The van der Waals surface area contributed by atoms with E-state index in [2.05, 4.69) is 4.74 Å². The molecular weight excluding hydrogens is 306 g/mol. The van der Waals surface area contributed by atoms with Gasteiger partial charge in [0.25, 0.3) is 0 Å². The van der Waals surface area contributed by atoms with Gasteiger partial charge >= 0.3 is 11.9 Å². The van der Waals surface area contributed by atoms with Crippen LogP contribution in [0.3, 0.4) is 0 Å². The Bertz CT molecular complexity index is 606. The molecule has 0 spiro atoms. The SMILES string of the molecule is COC(=O)c1c(Cl)c(=O)c(C(=O)O)cn1CC(OC)OC. The van der Waals surface area contributed by atoms with Crippen molar-refractivity contribution in [3.8, 4) is 0 Å². The summed E-state index contributed by atoms with van der Waals surface area (Å²) in [5.74, 6) is -2.33. The zero-order valence-electron chi connectivity index (χ0n) is 11.6. The number of methoxy groups -OCH3 is 3. The maximum Gasteiger partial charge on any atom is 0.356 e. The quantitative estimate of drug-likeness (QED) is 0.605. The molecule has 0 saturated heterocycles. The van der Waals surface area contributed by atoms with E-state index in [0.29, 0.717) is 0 Å². The van der Waals surface area contributed by atoms with Crippen LogP contribution >= 0.6 is 11.6 Å². The van der Waals surface area contributed by atoms with Gasteiger partial charge in [0.2, 0.25) is 5.43 Å². The van der Waals surface area contributed by atoms with Crippen LogP contribution in [0.2, 0.25) is 5.02 Å². The number of ether oxygens (including phenoxy) is 3. The summed E-state index contributed by atoms with van der Waals surface area (Å²) in [4.78, 5) is 34.6. The highest BCUT2D eigenvalue weighted by Gasteiger charge is 2.24. The van der Waals surface area contributed by atoms with Crippen LogP contribution in [-0.2, 0) is 20.8 Å². The summed E-state index contributed by atoms with van der Waals surface area (Å²) in [5, 5.41) is 8.46. The van der Waals surface area contributed by atoms with E-state index in [1.54, 1.807) is 0 Å². The second kappa shape index (κ2) is 7.21. The second-order valence-electron chi connectivity index (χ2n) is 3.88. The largest absolute Gasteiger partial charge is 0.477 e. The van der Waals surface area contributed by atoms with Gasteiger partial charge in [-0.25, -0.2) is 9.59 Å². The molecule has 1 rings (SSSR count). The number of esters is 1. The lowest BCUT2D eigenvalue weighted by Crippen LogP contribution is -2.29. The lowest BCUT2D eigenvalue weighted by molar-refractivity contribution is -0.111. The number of pyridine rings is 1. The monoisotopic (exact) mass is 319 g/mol. The van der Waals surface area contributed by atoms with E-state index in [1.165, 1.54) is 14.2 Å². The highest BCUT2D eigenvalue weighted by atomic mass is 35.5. The fraction of sp³-hybridized carbons (Fsp3) is 0.417. The van der Waals surface area contributed by atoms with Gasteiger partial charge in [0.1, 0.15) is 10.6 Å². The molecule has 1 heterocycles. The standard InChI is InChI=1S/C12H14ClNO7/c1-19-7(20-2)5-14-4-6(11(16)17)10(15)8(13)9(14)12(18)21-3/h4,7H,5H2,1-3H3,(H,16,17). The summed E-state index contributed by atoms with van der Waals surface area (Å²) in [6.07, 6.45) is 0.224. The van der Waals surface area contributed by atoms with Crippen molar-refractivity contribution < 1.29 is 28.9 Å². The molecule has 0 bridgehead atoms. The van der Waals surface area contributed by atoms with Crippen LogP contribution in [0.25, 0.3) is 0 Å². The molecule has 21 heavy (non-hydrogen) atoms. The number of carboxylic acids is 1. The molecule has 0 aliphatic heterocycles. The highest BCUT2D eigenvalue weighted by Crippen LogP contribution is 2.16. The van der Waals surface area contributed by atoms with Gasteiger partial charge in [0, 0.05) is 20.4 Å². The van der Waals surface area contributed by atoms with Crippen molar-refractivity contribution >= 4 is 23.5 Å². The van der Waals surface area contributed by atoms with Gasteiger partial charge in [-0.1, -0.05) is 11.6 Å². The first-order valence-corrected chi connectivity index (χ1v) is 6.05. The number of nitrogens with zero attached hydrogens (tertiary/aromatic N) is 1. The zero-order valence-corrected chi connectivity index (χ0v) is 12.3. The van der Waals surface area contributed by atoms with Crippen molar-refractivity contribution in [1.29, 1.82) is 0 Å². The van der Waals surface area contributed by atoms with E-state index in [0.717, 1.165) is 17.9 Å². The smallest absolute Gasteiger partial charge is 0.356 e. The normalized spacial score (nSPS) is 10.7. The van der Waals surface area contributed by atoms with Crippen molar-refractivity contribution in [3.63, 3.8) is 0 Å². The van der Waals surface area contributed by atoms with E-state index in [4.69, 9.17) is 26.2 Å². The summed E-state index contributed by atoms with van der Waals surface area (Å²) in [7, 11) is 3.85. The van der Waals surface area contributed by atoms with Crippen LogP contribution in [0.4, 0.5) is 0 Å². The fourth-order valence-corrected chi connectivity index (χ4v) is 1.92. The number of aromatic nitrogens is 1. The number of halogens is 1. The van der Waals surface area contributed by atoms with Crippen molar-refractivity contribution in [2.24, 2.45) is 0 Å². The van der Waals surface area contributed by atoms with Crippen LogP contribution in [0.1, 0.15) is 20.8 Å². The van der Waals surface area contributed by atoms with Gasteiger partial charge in [-0.15, -0.1) is 0 Å². The van der Waals surface area contributed by atoms with E-state index in [-0.39, 0.29) is 12.2 Å². The van der Waals surface area contributed by atoms with Crippen molar-refractivity contribution in [1.82, 2.24) is 4.57 Å². The molecule has 0 aliphatic rings. The number of aromatic carboxylic acids is 1. The Labute approximate surface area is 124 Å². The van der Waals surface area contributed by atoms with Crippen LogP contribution in [0.5, 0.6) is 0 Å². The molecule has 1 N–H and O–H groups in total. The maximum absolute atomic E-state index is 11.8. The average molecular weight is 320 g/mol. The van der Waals surface area contributed by atoms with Gasteiger partial charge in [0.05, 0.1) is 13.7 Å². The van der Waals surface area contributed by atoms with E-state index >= 15 is 0 Å². The Morgan fingerprint density at radius 2 is 1.90 bits per heavy atom. The third-order valence-electron chi connectivity index (χ3n) is 2.70. The van der Waals surface area contributed by atoms with Crippen molar-refractivity contribution in [2.45, 2.75) is 12.8 Å². The predicted molar refractivity (Wildman–Crippen MR) is 71.8 cm³/mol. The number of hydrogen-bond acceptors (Lipinski definition) is 6. The molecule has 0 atom stereocenters. The summed E-state index contributed by atoms with van der Waals surface area (Å²) >= 11 is 5.81. The van der Waals surface area contributed by atoms with Crippen molar-refractivity contribution in [2.75, 3.05) is 21.3 Å². The number of carboxylic acid groups (broad SMARTS) is 1. The molecule has 0 fully saturated rings. The van der Waals surface area contributed by atoms with Gasteiger partial charge in [-0.2, -0.15) is 0 Å². The molecule has 0 radical (unpaired) electrons. The molecular formula is C12H14ClNO7. The lowest BCUT2D eigenvalue weighted by atomic mass is 10.2. The van der Waals surface area contributed by atoms with Gasteiger partial charge in [-0.05, 0) is 0 Å².